The molecule has 2 aromatic rings. The average Bonchev–Trinajstić information content (AvgIpc) is 3.11. The second-order valence-electron chi connectivity index (χ2n) is 7.05. The summed E-state index contributed by atoms with van der Waals surface area (Å²) in [6, 6.07) is 2.13. The van der Waals surface area contributed by atoms with Gasteiger partial charge in [-0.25, -0.2) is 4.98 Å². The van der Waals surface area contributed by atoms with Crippen molar-refractivity contribution in [2.24, 2.45) is 0 Å². The number of aryl methyl sites for hydroxylation is 1. The molecule has 0 amide bonds. The van der Waals surface area contributed by atoms with Crippen LogP contribution in [0.15, 0.2) is 6.07 Å². The Bertz CT molecular complexity index is 749. The fourth-order valence-electron chi connectivity index (χ4n) is 3.83. The van der Waals surface area contributed by atoms with E-state index in [1.807, 2.05) is 4.52 Å². The Morgan fingerprint density at radius 2 is 2.04 bits per heavy atom. The number of hydrogen-bond donors (Lipinski definition) is 1. The van der Waals surface area contributed by atoms with Gasteiger partial charge in [0.1, 0.15) is 5.82 Å². The maximum atomic E-state index is 5.77. The van der Waals surface area contributed by atoms with Crippen LogP contribution in [0.3, 0.4) is 0 Å². The van der Waals surface area contributed by atoms with E-state index in [-0.39, 0.29) is 6.10 Å². The Hall–Kier alpha value is -1.70. The van der Waals surface area contributed by atoms with Crippen LogP contribution in [0, 0.1) is 6.92 Å². The van der Waals surface area contributed by atoms with Crippen LogP contribution in [0.1, 0.15) is 42.6 Å². The molecule has 0 spiro atoms. The lowest BCUT2D eigenvalue weighted by Crippen LogP contribution is -2.34. The van der Waals surface area contributed by atoms with Crippen molar-refractivity contribution < 1.29 is 14.2 Å². The molecular formula is C19H28N4O3. The Kier molecular flexibility index (Phi) is 5.38. The number of anilines is 1. The van der Waals surface area contributed by atoms with E-state index in [9.17, 15) is 0 Å². The monoisotopic (exact) mass is 360 g/mol. The first-order chi connectivity index (χ1) is 12.8. The van der Waals surface area contributed by atoms with E-state index in [0.717, 1.165) is 55.3 Å². The SMILES string of the molecule is CCc1c(C)nc2cc(C3CCOCC3)nn2c1NC[C@H]1COCCO1. The molecule has 0 radical (unpaired) electrons. The summed E-state index contributed by atoms with van der Waals surface area (Å²) in [5, 5.41) is 8.48. The molecule has 7 nitrogen and oxygen atoms in total. The van der Waals surface area contributed by atoms with Gasteiger partial charge in [0.15, 0.2) is 5.65 Å². The standard InChI is InChI=1S/C19H28N4O3/c1-3-16-13(2)21-18-10-17(14-4-6-24-7-5-14)22-23(18)19(16)20-11-15-12-25-8-9-26-15/h10,14-15,20H,3-9,11-12H2,1-2H3/t15-/m0/s1. The first-order valence-corrected chi connectivity index (χ1v) is 9.66. The van der Waals surface area contributed by atoms with Crippen molar-refractivity contribution in [3.05, 3.63) is 23.0 Å². The van der Waals surface area contributed by atoms with Gasteiger partial charge in [0.25, 0.3) is 0 Å². The summed E-state index contributed by atoms with van der Waals surface area (Å²) in [6.07, 6.45) is 3.03. The highest BCUT2D eigenvalue weighted by Crippen LogP contribution is 2.29. The number of ether oxygens (including phenoxy) is 3. The van der Waals surface area contributed by atoms with Gasteiger partial charge in [-0.3, -0.25) is 0 Å². The topological polar surface area (TPSA) is 69.9 Å². The van der Waals surface area contributed by atoms with Crippen LogP contribution >= 0.6 is 0 Å². The van der Waals surface area contributed by atoms with Crippen molar-refractivity contribution in [2.45, 2.75) is 45.1 Å². The maximum absolute atomic E-state index is 5.77. The minimum absolute atomic E-state index is 0.0718. The van der Waals surface area contributed by atoms with Gasteiger partial charge in [0, 0.05) is 43.0 Å². The molecule has 142 valence electrons. The molecule has 1 N–H and O–H groups in total. The van der Waals surface area contributed by atoms with E-state index in [4.69, 9.17) is 24.3 Å². The van der Waals surface area contributed by atoms with E-state index < -0.39 is 0 Å². The quantitative estimate of drug-likeness (QED) is 0.882. The predicted molar refractivity (Wildman–Crippen MR) is 98.9 cm³/mol. The van der Waals surface area contributed by atoms with E-state index in [1.165, 1.54) is 5.56 Å². The molecule has 0 unspecified atom stereocenters. The fourth-order valence-corrected chi connectivity index (χ4v) is 3.83. The normalized spacial score (nSPS) is 22.0. The molecule has 0 bridgehead atoms. The minimum atomic E-state index is 0.0718. The minimum Gasteiger partial charge on any atom is -0.381 e. The molecule has 2 aliphatic heterocycles. The van der Waals surface area contributed by atoms with Crippen molar-refractivity contribution in [3.8, 4) is 0 Å². The molecule has 2 aromatic heterocycles. The first-order valence-electron chi connectivity index (χ1n) is 9.66. The number of nitrogens with one attached hydrogen (secondary N) is 1. The Morgan fingerprint density at radius 1 is 1.19 bits per heavy atom. The molecule has 4 heterocycles. The summed E-state index contributed by atoms with van der Waals surface area (Å²) in [6.45, 7) is 8.54. The summed E-state index contributed by atoms with van der Waals surface area (Å²) in [7, 11) is 0. The van der Waals surface area contributed by atoms with Gasteiger partial charge < -0.3 is 19.5 Å². The third kappa shape index (κ3) is 3.56. The number of hydrogen-bond acceptors (Lipinski definition) is 6. The second kappa shape index (κ2) is 7.90. The molecule has 26 heavy (non-hydrogen) atoms. The Morgan fingerprint density at radius 3 is 2.77 bits per heavy atom. The summed E-state index contributed by atoms with van der Waals surface area (Å²) in [5.41, 5.74) is 4.29. The molecule has 7 heteroatoms. The van der Waals surface area contributed by atoms with Crippen LogP contribution in [0.5, 0.6) is 0 Å². The van der Waals surface area contributed by atoms with Crippen LogP contribution < -0.4 is 5.32 Å². The van der Waals surface area contributed by atoms with E-state index in [0.29, 0.717) is 32.3 Å². The highest BCUT2D eigenvalue weighted by atomic mass is 16.6. The zero-order chi connectivity index (χ0) is 17.9. The van der Waals surface area contributed by atoms with Crippen molar-refractivity contribution in [2.75, 3.05) is 44.9 Å². The van der Waals surface area contributed by atoms with Crippen molar-refractivity contribution in [1.29, 1.82) is 0 Å². The largest absolute Gasteiger partial charge is 0.381 e. The van der Waals surface area contributed by atoms with Gasteiger partial charge in [-0.15, -0.1) is 0 Å². The number of rotatable bonds is 5. The number of aromatic nitrogens is 3. The molecule has 1 atom stereocenters. The summed E-state index contributed by atoms with van der Waals surface area (Å²) < 4.78 is 18.7. The molecule has 0 aromatic carbocycles. The smallest absolute Gasteiger partial charge is 0.157 e. The van der Waals surface area contributed by atoms with Crippen LogP contribution in [-0.4, -0.2) is 60.3 Å². The van der Waals surface area contributed by atoms with Gasteiger partial charge in [0.2, 0.25) is 0 Å². The highest BCUT2D eigenvalue weighted by Gasteiger charge is 2.22. The van der Waals surface area contributed by atoms with Crippen LogP contribution in [-0.2, 0) is 20.6 Å². The van der Waals surface area contributed by atoms with Crippen LogP contribution in [0.25, 0.3) is 5.65 Å². The lowest BCUT2D eigenvalue weighted by atomic mass is 9.97. The second-order valence-corrected chi connectivity index (χ2v) is 7.05. The molecule has 2 aliphatic rings. The molecule has 0 saturated carbocycles. The predicted octanol–water partition coefficient (Wildman–Crippen LogP) is 2.32. The fraction of sp³-hybridized carbons (Fsp3) is 0.684. The van der Waals surface area contributed by atoms with Crippen molar-refractivity contribution >= 4 is 11.5 Å². The lowest BCUT2D eigenvalue weighted by Gasteiger charge is -2.24. The molecule has 4 rings (SSSR count). The van der Waals surface area contributed by atoms with Gasteiger partial charge >= 0.3 is 0 Å². The van der Waals surface area contributed by atoms with Gasteiger partial charge in [-0.05, 0) is 26.2 Å². The lowest BCUT2D eigenvalue weighted by molar-refractivity contribution is -0.0819. The van der Waals surface area contributed by atoms with Crippen molar-refractivity contribution in [1.82, 2.24) is 14.6 Å². The third-order valence-corrected chi connectivity index (χ3v) is 5.30. The summed E-state index contributed by atoms with van der Waals surface area (Å²) >= 11 is 0. The zero-order valence-electron chi connectivity index (χ0n) is 15.7. The summed E-state index contributed by atoms with van der Waals surface area (Å²) in [4.78, 5) is 4.79. The summed E-state index contributed by atoms with van der Waals surface area (Å²) in [5.74, 6) is 1.49. The maximum Gasteiger partial charge on any atom is 0.157 e. The van der Waals surface area contributed by atoms with E-state index in [1.54, 1.807) is 0 Å². The van der Waals surface area contributed by atoms with Crippen LogP contribution in [0.2, 0.25) is 0 Å². The Labute approximate surface area is 154 Å². The molecular weight excluding hydrogens is 332 g/mol. The third-order valence-electron chi connectivity index (χ3n) is 5.30. The average molecular weight is 360 g/mol. The molecule has 2 saturated heterocycles. The molecule has 2 fully saturated rings. The van der Waals surface area contributed by atoms with Gasteiger partial charge in [-0.1, -0.05) is 6.92 Å². The number of nitrogens with zero attached hydrogens (tertiary/aromatic N) is 3. The van der Waals surface area contributed by atoms with Gasteiger partial charge in [-0.2, -0.15) is 9.61 Å². The van der Waals surface area contributed by atoms with Gasteiger partial charge in [0.05, 0.1) is 31.6 Å². The van der Waals surface area contributed by atoms with E-state index >= 15 is 0 Å². The Balaban J connectivity index is 1.64. The first kappa shape index (κ1) is 17.7. The zero-order valence-corrected chi connectivity index (χ0v) is 15.7. The van der Waals surface area contributed by atoms with Crippen LogP contribution in [0.4, 0.5) is 5.82 Å². The number of fused-ring (bicyclic) bond motifs is 1. The van der Waals surface area contributed by atoms with Crippen molar-refractivity contribution in [3.63, 3.8) is 0 Å². The molecule has 0 aliphatic carbocycles. The highest BCUT2D eigenvalue weighted by molar-refractivity contribution is 5.56. The van der Waals surface area contributed by atoms with E-state index in [2.05, 4.69) is 25.2 Å².